The van der Waals surface area contributed by atoms with Crippen LogP contribution in [0.2, 0.25) is 5.02 Å². The van der Waals surface area contributed by atoms with Gasteiger partial charge < -0.3 is 19.7 Å². The highest BCUT2D eigenvalue weighted by Gasteiger charge is 2.38. The van der Waals surface area contributed by atoms with Crippen molar-refractivity contribution in [1.29, 1.82) is 0 Å². The molecule has 1 aliphatic rings. The van der Waals surface area contributed by atoms with Gasteiger partial charge in [0.15, 0.2) is 0 Å². The Morgan fingerprint density at radius 1 is 1.21 bits per heavy atom. The first-order chi connectivity index (χ1) is 13.1. The maximum Gasteiger partial charge on any atom is 0.490 e. The normalized spacial score (nSPS) is 13.3. The van der Waals surface area contributed by atoms with Crippen molar-refractivity contribution in [1.82, 2.24) is 15.4 Å². The number of nitrogens with one attached hydrogen (secondary N) is 1. The number of aromatic carboxylic acids is 1. The molecule has 28 heavy (non-hydrogen) atoms. The molecule has 3 rings (SSSR count). The average molecular weight is 424 g/mol. The average Bonchev–Trinajstić information content (AvgIpc) is 3.29. The van der Waals surface area contributed by atoms with Gasteiger partial charge in [0.2, 0.25) is 5.69 Å². The monoisotopic (exact) mass is 423 g/mol. The SMILES string of the molecule is O=C(O)C(F)(F)F.O=C(O)c1[nH]nnc1Oc1cc(Cl)cc(OCC2CC2)c1. The minimum absolute atomic E-state index is 0.127. The second-order valence-electron chi connectivity index (χ2n) is 5.58. The summed E-state index contributed by atoms with van der Waals surface area (Å²) >= 11 is 6.00. The summed E-state index contributed by atoms with van der Waals surface area (Å²) in [6, 6.07) is 4.86. The van der Waals surface area contributed by atoms with Crippen molar-refractivity contribution < 1.29 is 42.4 Å². The number of H-pyrrole nitrogens is 1. The number of hydrogen-bond donors (Lipinski definition) is 3. The second-order valence-corrected chi connectivity index (χ2v) is 6.02. The number of carboxylic acid groups (broad SMARTS) is 2. The zero-order chi connectivity index (χ0) is 20.9. The van der Waals surface area contributed by atoms with Gasteiger partial charge in [0, 0.05) is 11.1 Å². The summed E-state index contributed by atoms with van der Waals surface area (Å²) in [5.74, 6) is -2.57. The van der Waals surface area contributed by atoms with Crippen molar-refractivity contribution in [2.75, 3.05) is 6.61 Å². The Balaban J connectivity index is 0.000000345. The molecule has 0 unspecified atom stereocenters. The van der Waals surface area contributed by atoms with Crippen LogP contribution in [0.3, 0.4) is 0 Å². The summed E-state index contributed by atoms with van der Waals surface area (Å²) < 4.78 is 42.8. The van der Waals surface area contributed by atoms with Gasteiger partial charge in [-0.05, 0) is 30.9 Å². The van der Waals surface area contributed by atoms with Crippen LogP contribution in [-0.2, 0) is 4.79 Å². The molecule has 2 aromatic rings. The lowest BCUT2D eigenvalue weighted by atomic mass is 10.3. The third-order valence-corrected chi connectivity index (χ3v) is 3.43. The predicted octanol–water partition coefficient (Wildman–Crippen LogP) is 3.37. The summed E-state index contributed by atoms with van der Waals surface area (Å²) in [7, 11) is 0. The van der Waals surface area contributed by atoms with Gasteiger partial charge in [-0.15, -0.1) is 0 Å². The molecule has 0 saturated heterocycles. The molecule has 1 aromatic carbocycles. The van der Waals surface area contributed by atoms with Crippen LogP contribution in [-0.4, -0.2) is 50.3 Å². The molecule has 13 heteroatoms. The Kier molecular flexibility index (Phi) is 6.67. The molecular weight excluding hydrogens is 411 g/mol. The molecule has 0 radical (unpaired) electrons. The quantitative estimate of drug-likeness (QED) is 0.643. The van der Waals surface area contributed by atoms with Gasteiger partial charge in [0.05, 0.1) is 6.61 Å². The Labute approximate surface area is 160 Å². The fraction of sp³-hybridized carbons (Fsp3) is 0.333. The summed E-state index contributed by atoms with van der Waals surface area (Å²) in [5, 5.41) is 25.8. The third-order valence-electron chi connectivity index (χ3n) is 3.21. The summed E-state index contributed by atoms with van der Waals surface area (Å²) in [5.41, 5.74) is -0.226. The van der Waals surface area contributed by atoms with Gasteiger partial charge in [0.1, 0.15) is 11.5 Å². The first-order valence-corrected chi connectivity index (χ1v) is 7.99. The Hall–Kier alpha value is -3.02. The highest BCUT2D eigenvalue weighted by molar-refractivity contribution is 6.30. The number of carboxylic acids is 2. The third kappa shape index (κ3) is 6.61. The number of ether oxygens (including phenoxy) is 2. The highest BCUT2D eigenvalue weighted by atomic mass is 35.5. The number of halogens is 4. The standard InChI is InChI=1S/C13H12ClN3O4.C2HF3O2/c14-8-3-9(20-6-7-1-2-7)5-10(4-8)21-12-11(13(18)19)15-17-16-12;3-2(4,5)1(6)7/h3-5,7H,1-2,6H2,(H,18,19)(H,15,16,17);(H,6,7). The van der Waals surface area contributed by atoms with Crippen molar-refractivity contribution in [3.05, 3.63) is 28.9 Å². The molecule has 1 fully saturated rings. The van der Waals surface area contributed by atoms with Crippen molar-refractivity contribution in [2.45, 2.75) is 19.0 Å². The summed E-state index contributed by atoms with van der Waals surface area (Å²) in [4.78, 5) is 19.8. The largest absolute Gasteiger partial charge is 0.493 e. The van der Waals surface area contributed by atoms with Crippen LogP contribution in [0.25, 0.3) is 0 Å². The van der Waals surface area contributed by atoms with Gasteiger partial charge >= 0.3 is 18.1 Å². The van der Waals surface area contributed by atoms with E-state index >= 15 is 0 Å². The number of nitrogens with zero attached hydrogens (tertiary/aromatic N) is 2. The Bertz CT molecular complexity index is 854. The van der Waals surface area contributed by atoms with Gasteiger partial charge in [-0.3, -0.25) is 0 Å². The Morgan fingerprint density at radius 2 is 1.82 bits per heavy atom. The van der Waals surface area contributed by atoms with E-state index in [0.717, 1.165) is 0 Å². The molecular formula is C15H13ClF3N3O6. The van der Waals surface area contributed by atoms with Gasteiger partial charge in [0.25, 0.3) is 5.88 Å². The molecule has 1 heterocycles. The lowest BCUT2D eigenvalue weighted by Crippen LogP contribution is -2.21. The van der Waals surface area contributed by atoms with Crippen molar-refractivity contribution >= 4 is 23.5 Å². The molecule has 1 saturated carbocycles. The lowest BCUT2D eigenvalue weighted by Gasteiger charge is -2.08. The van der Waals surface area contributed by atoms with Crippen LogP contribution in [0.4, 0.5) is 13.2 Å². The maximum atomic E-state index is 10.9. The highest BCUT2D eigenvalue weighted by Crippen LogP contribution is 2.33. The zero-order valence-electron chi connectivity index (χ0n) is 13.9. The molecule has 0 atom stereocenters. The number of benzene rings is 1. The van der Waals surface area contributed by atoms with Crippen molar-refractivity contribution in [3.63, 3.8) is 0 Å². The maximum absolute atomic E-state index is 10.9. The number of alkyl halides is 3. The van der Waals surface area contributed by atoms with E-state index < -0.39 is 18.1 Å². The number of aromatic nitrogens is 3. The molecule has 3 N–H and O–H groups in total. The van der Waals surface area contributed by atoms with Crippen molar-refractivity contribution in [2.24, 2.45) is 5.92 Å². The molecule has 1 aliphatic carbocycles. The molecule has 152 valence electrons. The van der Waals surface area contributed by atoms with E-state index in [2.05, 4.69) is 15.4 Å². The molecule has 0 amide bonds. The predicted molar refractivity (Wildman–Crippen MR) is 86.8 cm³/mol. The van der Waals surface area contributed by atoms with Crippen LogP contribution in [0, 0.1) is 5.92 Å². The number of aromatic amines is 1. The zero-order valence-corrected chi connectivity index (χ0v) is 14.6. The number of hydrogen-bond acceptors (Lipinski definition) is 6. The van der Waals surface area contributed by atoms with E-state index in [-0.39, 0.29) is 11.6 Å². The van der Waals surface area contributed by atoms with Gasteiger partial charge in [-0.25, -0.2) is 14.7 Å². The van der Waals surface area contributed by atoms with E-state index in [1.54, 1.807) is 18.2 Å². The smallest absolute Gasteiger partial charge is 0.490 e. The number of carbonyl (C=O) groups is 2. The lowest BCUT2D eigenvalue weighted by molar-refractivity contribution is -0.192. The first-order valence-electron chi connectivity index (χ1n) is 7.62. The van der Waals surface area contributed by atoms with Crippen LogP contribution in [0.5, 0.6) is 17.4 Å². The fourth-order valence-electron chi connectivity index (χ4n) is 1.72. The number of rotatable bonds is 6. The van der Waals surface area contributed by atoms with E-state index in [1.165, 1.54) is 12.8 Å². The molecule has 1 aromatic heterocycles. The molecule has 0 aliphatic heterocycles. The van der Waals surface area contributed by atoms with Crippen LogP contribution in [0.1, 0.15) is 23.3 Å². The van der Waals surface area contributed by atoms with Crippen molar-refractivity contribution in [3.8, 4) is 17.4 Å². The van der Waals surface area contributed by atoms with E-state index in [9.17, 15) is 18.0 Å². The van der Waals surface area contributed by atoms with Crippen LogP contribution < -0.4 is 9.47 Å². The fourth-order valence-corrected chi connectivity index (χ4v) is 1.93. The van der Waals surface area contributed by atoms with Gasteiger partial charge in [-0.2, -0.15) is 13.2 Å². The first kappa shape index (κ1) is 21.3. The van der Waals surface area contributed by atoms with Crippen LogP contribution >= 0.6 is 11.6 Å². The summed E-state index contributed by atoms with van der Waals surface area (Å²) in [6.07, 6.45) is -2.71. The minimum Gasteiger partial charge on any atom is -0.493 e. The topological polar surface area (TPSA) is 135 Å². The summed E-state index contributed by atoms with van der Waals surface area (Å²) in [6.45, 7) is 0.643. The van der Waals surface area contributed by atoms with E-state index in [0.29, 0.717) is 29.0 Å². The second kappa shape index (κ2) is 8.78. The number of aliphatic carboxylic acids is 1. The van der Waals surface area contributed by atoms with E-state index in [1.807, 2.05) is 0 Å². The molecule has 9 nitrogen and oxygen atoms in total. The van der Waals surface area contributed by atoms with Crippen LogP contribution in [0.15, 0.2) is 18.2 Å². The van der Waals surface area contributed by atoms with Gasteiger partial charge in [-0.1, -0.05) is 21.9 Å². The Morgan fingerprint density at radius 3 is 2.36 bits per heavy atom. The van der Waals surface area contributed by atoms with E-state index in [4.69, 9.17) is 36.1 Å². The molecule has 0 spiro atoms. The molecule has 0 bridgehead atoms. The minimum atomic E-state index is -5.08.